The minimum Gasteiger partial charge on any atom is -0.507 e. The molecule has 186 valence electrons. The van der Waals surface area contributed by atoms with Crippen LogP contribution in [0.3, 0.4) is 0 Å². The molecule has 9 nitrogen and oxygen atoms in total. The molecule has 0 bridgehead atoms. The van der Waals surface area contributed by atoms with Crippen LogP contribution in [0.15, 0.2) is 65.1 Å². The topological polar surface area (TPSA) is 107 Å². The third-order valence-electron chi connectivity index (χ3n) is 6.30. The number of rotatable bonds is 7. The summed E-state index contributed by atoms with van der Waals surface area (Å²) in [5.41, 5.74) is 0.787. The molecule has 1 amide bonds. The number of hydrogen-bond donors (Lipinski definition) is 1. The van der Waals surface area contributed by atoms with Crippen molar-refractivity contribution in [2.45, 2.75) is 10.9 Å². The number of nitrogens with zero attached hydrogens (tertiary/aromatic N) is 3. The van der Waals surface area contributed by atoms with Crippen LogP contribution < -0.4 is 0 Å². The first-order chi connectivity index (χ1) is 16.7. The van der Waals surface area contributed by atoms with Crippen molar-refractivity contribution >= 4 is 27.5 Å². The van der Waals surface area contributed by atoms with E-state index in [0.29, 0.717) is 31.9 Å². The fraction of sp³-hybridized carbons (Fsp3) is 0.360. The van der Waals surface area contributed by atoms with Crippen LogP contribution in [0.1, 0.15) is 17.2 Å². The zero-order valence-electron chi connectivity index (χ0n) is 19.8. The summed E-state index contributed by atoms with van der Waals surface area (Å²) in [5.74, 6) is -1.88. The third kappa shape index (κ3) is 5.01. The van der Waals surface area contributed by atoms with Crippen molar-refractivity contribution in [3.05, 3.63) is 71.3 Å². The Morgan fingerprint density at radius 2 is 1.71 bits per heavy atom. The van der Waals surface area contributed by atoms with Gasteiger partial charge in [0.1, 0.15) is 5.76 Å². The van der Waals surface area contributed by atoms with Crippen molar-refractivity contribution < 1.29 is 27.9 Å². The predicted molar refractivity (Wildman–Crippen MR) is 130 cm³/mol. The van der Waals surface area contributed by atoms with E-state index >= 15 is 0 Å². The average Bonchev–Trinajstić information content (AvgIpc) is 3.13. The highest BCUT2D eigenvalue weighted by Crippen LogP contribution is 2.39. The number of ether oxygens (including phenoxy) is 1. The molecule has 2 aliphatic rings. The minimum absolute atomic E-state index is 0.0237. The van der Waals surface area contributed by atoms with Crippen LogP contribution in [0.2, 0.25) is 0 Å². The smallest absolute Gasteiger partial charge is 0.295 e. The maximum Gasteiger partial charge on any atom is 0.295 e. The van der Waals surface area contributed by atoms with E-state index in [-0.39, 0.29) is 16.0 Å². The Labute approximate surface area is 205 Å². The summed E-state index contributed by atoms with van der Waals surface area (Å²) < 4.78 is 31.7. The van der Waals surface area contributed by atoms with E-state index in [2.05, 4.69) is 4.90 Å². The number of carbonyl (C=O) groups is 2. The maximum atomic E-state index is 13.2. The first kappa shape index (κ1) is 25.1. The average molecular weight is 500 g/mol. The van der Waals surface area contributed by atoms with E-state index in [1.165, 1.54) is 43.3 Å². The molecule has 2 heterocycles. The first-order valence-corrected chi connectivity index (χ1v) is 12.8. The molecule has 0 spiro atoms. The third-order valence-corrected chi connectivity index (χ3v) is 8.11. The van der Waals surface area contributed by atoms with Crippen molar-refractivity contribution in [1.29, 1.82) is 0 Å². The summed E-state index contributed by atoms with van der Waals surface area (Å²) in [6, 6.07) is 14.0. The molecular formula is C25H29N3O6S. The zero-order valence-corrected chi connectivity index (χ0v) is 20.6. The summed E-state index contributed by atoms with van der Waals surface area (Å²) in [5, 5.41) is 11.2. The molecule has 35 heavy (non-hydrogen) atoms. The number of ketones is 1. The number of morpholine rings is 1. The lowest BCUT2D eigenvalue weighted by Gasteiger charge is -2.31. The lowest BCUT2D eigenvalue weighted by atomic mass is 9.95. The van der Waals surface area contributed by atoms with Crippen LogP contribution in [0, 0.1) is 0 Å². The number of carbonyl (C=O) groups excluding carboxylic acids is 2. The second-order valence-electron chi connectivity index (χ2n) is 8.67. The Morgan fingerprint density at radius 1 is 1.03 bits per heavy atom. The Bertz CT molecular complexity index is 1240. The van der Waals surface area contributed by atoms with Gasteiger partial charge < -0.3 is 14.7 Å². The highest BCUT2D eigenvalue weighted by molar-refractivity contribution is 7.89. The highest BCUT2D eigenvalue weighted by Gasteiger charge is 2.46. The normalized spacial score (nSPS) is 21.1. The molecule has 0 radical (unpaired) electrons. The fourth-order valence-electron chi connectivity index (χ4n) is 4.34. The van der Waals surface area contributed by atoms with Gasteiger partial charge in [0, 0.05) is 45.8 Å². The summed E-state index contributed by atoms with van der Waals surface area (Å²) in [6.45, 7) is 3.59. The molecule has 1 N–H and O–H groups in total. The molecule has 10 heteroatoms. The van der Waals surface area contributed by atoms with Crippen molar-refractivity contribution in [2.24, 2.45) is 0 Å². The van der Waals surface area contributed by atoms with Crippen LogP contribution in [0.5, 0.6) is 0 Å². The number of benzene rings is 2. The van der Waals surface area contributed by atoms with Crippen molar-refractivity contribution in [3.8, 4) is 0 Å². The van der Waals surface area contributed by atoms with Gasteiger partial charge in [-0.3, -0.25) is 14.5 Å². The van der Waals surface area contributed by atoms with Gasteiger partial charge in [-0.05, 0) is 17.7 Å². The number of Topliss-reactive ketones (excluding diaryl/α,β-unsaturated/α-hetero) is 1. The second kappa shape index (κ2) is 10.3. The van der Waals surface area contributed by atoms with Crippen molar-refractivity contribution in [2.75, 3.05) is 53.5 Å². The number of sulfonamides is 1. The van der Waals surface area contributed by atoms with Gasteiger partial charge in [-0.15, -0.1) is 0 Å². The van der Waals surface area contributed by atoms with Crippen LogP contribution in [-0.2, 0) is 24.3 Å². The van der Waals surface area contributed by atoms with Gasteiger partial charge in [-0.25, -0.2) is 12.7 Å². The Balaban J connectivity index is 1.76. The van der Waals surface area contributed by atoms with Gasteiger partial charge in [0.15, 0.2) is 0 Å². The summed E-state index contributed by atoms with van der Waals surface area (Å²) in [4.78, 5) is 29.9. The monoisotopic (exact) mass is 499 g/mol. The van der Waals surface area contributed by atoms with Crippen LogP contribution in [-0.4, -0.2) is 92.8 Å². The molecule has 4 rings (SSSR count). The van der Waals surface area contributed by atoms with Crippen molar-refractivity contribution in [3.63, 3.8) is 0 Å². The second-order valence-corrected chi connectivity index (χ2v) is 10.8. The largest absolute Gasteiger partial charge is 0.507 e. The standard InChI is InChI=1S/C25H29N3O6S/c1-26(2)35(32,33)20-10-6-9-19(17-20)23(29)21-22(18-7-4-3-5-8-18)28(25(31)24(21)30)12-11-27-13-15-34-16-14-27/h3-10,17,22,29H,11-16H2,1-2H3/b23-21-. The van der Waals surface area contributed by atoms with E-state index in [4.69, 9.17) is 4.74 Å². The number of likely N-dealkylation sites (tertiary alicyclic amines) is 1. The van der Waals surface area contributed by atoms with Gasteiger partial charge in [0.25, 0.3) is 11.7 Å². The molecule has 2 aromatic rings. The molecule has 2 aliphatic heterocycles. The lowest BCUT2D eigenvalue weighted by Crippen LogP contribution is -2.42. The molecular weight excluding hydrogens is 470 g/mol. The first-order valence-electron chi connectivity index (χ1n) is 11.4. The van der Waals surface area contributed by atoms with E-state index in [9.17, 15) is 23.1 Å². The summed E-state index contributed by atoms with van der Waals surface area (Å²) in [6.07, 6.45) is 0. The quantitative estimate of drug-likeness (QED) is 0.351. The van der Waals surface area contributed by atoms with Gasteiger partial charge >= 0.3 is 0 Å². The van der Waals surface area contributed by atoms with Crippen LogP contribution in [0.4, 0.5) is 0 Å². The molecule has 2 saturated heterocycles. The van der Waals surface area contributed by atoms with Gasteiger partial charge in [0.05, 0.1) is 29.7 Å². The Morgan fingerprint density at radius 3 is 2.37 bits per heavy atom. The van der Waals surface area contributed by atoms with Gasteiger partial charge in [0.2, 0.25) is 10.0 Å². The van der Waals surface area contributed by atoms with E-state index in [1.54, 1.807) is 12.1 Å². The van der Waals surface area contributed by atoms with Gasteiger partial charge in [-0.1, -0.05) is 42.5 Å². The summed E-state index contributed by atoms with van der Waals surface area (Å²) >= 11 is 0. The molecule has 2 aromatic carbocycles. The SMILES string of the molecule is CN(C)S(=O)(=O)c1cccc(/C(O)=C2/C(=O)C(=O)N(CCN3CCOCC3)C2c2ccccc2)c1. The van der Waals surface area contributed by atoms with Gasteiger partial charge in [-0.2, -0.15) is 0 Å². The molecule has 1 atom stereocenters. The van der Waals surface area contributed by atoms with E-state index < -0.39 is 33.5 Å². The fourth-order valence-corrected chi connectivity index (χ4v) is 5.28. The predicted octanol–water partition coefficient (Wildman–Crippen LogP) is 1.69. The summed E-state index contributed by atoms with van der Waals surface area (Å²) in [7, 11) is -0.929. The van der Waals surface area contributed by atoms with Crippen molar-refractivity contribution in [1.82, 2.24) is 14.1 Å². The lowest BCUT2D eigenvalue weighted by molar-refractivity contribution is -0.140. The molecule has 1 unspecified atom stereocenters. The molecule has 0 aromatic heterocycles. The number of aliphatic hydroxyl groups is 1. The molecule has 0 saturated carbocycles. The minimum atomic E-state index is -3.76. The number of amides is 1. The molecule has 0 aliphatic carbocycles. The zero-order chi connectivity index (χ0) is 25.2. The van der Waals surface area contributed by atoms with Crippen LogP contribution in [0.25, 0.3) is 5.76 Å². The number of aliphatic hydroxyl groups excluding tert-OH is 1. The maximum absolute atomic E-state index is 13.2. The highest BCUT2D eigenvalue weighted by atomic mass is 32.2. The van der Waals surface area contributed by atoms with Crippen LogP contribution >= 0.6 is 0 Å². The Hall–Kier alpha value is -3.05. The Kier molecular flexibility index (Phi) is 7.36. The number of hydrogen-bond acceptors (Lipinski definition) is 7. The van der Waals surface area contributed by atoms with E-state index in [1.807, 2.05) is 18.2 Å². The van der Waals surface area contributed by atoms with E-state index in [0.717, 1.165) is 17.4 Å². The molecule has 2 fully saturated rings.